The van der Waals surface area contributed by atoms with E-state index in [-0.39, 0.29) is 0 Å². The lowest BCUT2D eigenvalue weighted by atomic mass is 9.87. The number of hydrogen-bond acceptors (Lipinski definition) is 4. The number of piperidine rings is 1. The summed E-state index contributed by atoms with van der Waals surface area (Å²) in [6.45, 7) is 2.28. The minimum atomic E-state index is -0.925. The molecule has 7 heteroatoms. The van der Waals surface area contributed by atoms with Crippen LogP contribution in [0, 0.1) is 0 Å². The van der Waals surface area contributed by atoms with E-state index in [0.717, 1.165) is 25.3 Å². The van der Waals surface area contributed by atoms with Crippen molar-refractivity contribution in [3.63, 3.8) is 0 Å². The molecule has 134 valence electrons. The van der Waals surface area contributed by atoms with Crippen molar-refractivity contribution in [3.05, 3.63) is 67.0 Å². The first kappa shape index (κ1) is 16.5. The van der Waals surface area contributed by atoms with Crippen molar-refractivity contribution in [1.82, 2.24) is 24.2 Å². The third-order valence-corrected chi connectivity index (χ3v) is 5.17. The molecule has 2 aromatic heterocycles. The molecular formula is C19H21N5O2. The summed E-state index contributed by atoms with van der Waals surface area (Å²) in [4.78, 5) is 18.3. The second-order valence-electron chi connectivity index (χ2n) is 6.70. The molecule has 0 unspecified atom stereocenters. The van der Waals surface area contributed by atoms with Gasteiger partial charge in [0.05, 0.1) is 6.33 Å². The number of likely N-dealkylation sites (tertiary alicyclic amines) is 1. The van der Waals surface area contributed by atoms with Crippen molar-refractivity contribution in [2.24, 2.45) is 0 Å². The van der Waals surface area contributed by atoms with Gasteiger partial charge in [-0.3, -0.25) is 9.58 Å². The molecule has 1 N–H and O–H groups in total. The number of imidazole rings is 1. The van der Waals surface area contributed by atoms with Gasteiger partial charge in [-0.1, -0.05) is 12.1 Å². The first-order valence-electron chi connectivity index (χ1n) is 8.70. The maximum absolute atomic E-state index is 11.9. The molecule has 0 aliphatic carbocycles. The van der Waals surface area contributed by atoms with Crippen LogP contribution in [0.5, 0.6) is 0 Å². The Morgan fingerprint density at radius 1 is 1.12 bits per heavy atom. The number of carbonyl (C=O) groups is 1. The van der Waals surface area contributed by atoms with Crippen LogP contribution in [0.1, 0.15) is 18.4 Å². The van der Waals surface area contributed by atoms with Crippen LogP contribution in [0.4, 0.5) is 0 Å². The van der Waals surface area contributed by atoms with Gasteiger partial charge in [-0.15, -0.1) is 0 Å². The standard InChI is InChI=1S/C19H21N5O2/c25-18(26)19(24-10-1-8-21-24)6-11-22(12-7-19)14-16-2-4-17(5-3-16)23-13-9-20-15-23/h1-5,8-10,13,15H,6-7,11-12,14H2,(H,25,26). The molecule has 1 saturated heterocycles. The first-order chi connectivity index (χ1) is 12.7. The van der Waals surface area contributed by atoms with Crippen molar-refractivity contribution in [2.45, 2.75) is 24.9 Å². The third-order valence-electron chi connectivity index (χ3n) is 5.17. The van der Waals surface area contributed by atoms with Crippen LogP contribution in [0.25, 0.3) is 5.69 Å². The smallest absolute Gasteiger partial charge is 0.331 e. The second kappa shape index (κ2) is 6.76. The fourth-order valence-corrected chi connectivity index (χ4v) is 3.59. The summed E-state index contributed by atoms with van der Waals surface area (Å²) in [5.41, 5.74) is 1.37. The van der Waals surface area contributed by atoms with Gasteiger partial charge in [-0.2, -0.15) is 5.10 Å². The van der Waals surface area contributed by atoms with Gasteiger partial charge in [0.25, 0.3) is 0 Å². The predicted octanol–water partition coefficient (Wildman–Crippen LogP) is 2.14. The molecule has 1 aliphatic rings. The summed E-state index contributed by atoms with van der Waals surface area (Å²) in [6.07, 6.45) is 9.95. The van der Waals surface area contributed by atoms with Gasteiger partial charge in [-0.25, -0.2) is 9.78 Å². The van der Waals surface area contributed by atoms with E-state index in [4.69, 9.17) is 0 Å². The highest BCUT2D eigenvalue weighted by Crippen LogP contribution is 2.30. The Bertz CT molecular complexity index is 848. The SMILES string of the molecule is O=C(O)C1(n2cccn2)CCN(Cc2ccc(-n3ccnc3)cc2)CC1. The van der Waals surface area contributed by atoms with Crippen LogP contribution in [-0.2, 0) is 16.9 Å². The second-order valence-corrected chi connectivity index (χ2v) is 6.70. The van der Waals surface area contributed by atoms with Crippen LogP contribution in [0.15, 0.2) is 61.4 Å². The van der Waals surface area contributed by atoms with Gasteiger partial charge in [-0.05, 0) is 36.6 Å². The summed E-state index contributed by atoms with van der Waals surface area (Å²) in [5, 5.41) is 14.0. The maximum Gasteiger partial charge on any atom is 0.331 e. The summed E-state index contributed by atoms with van der Waals surface area (Å²) < 4.78 is 3.57. The molecule has 1 fully saturated rings. The highest BCUT2D eigenvalue weighted by atomic mass is 16.4. The van der Waals surface area contributed by atoms with Crippen LogP contribution in [0.3, 0.4) is 0 Å². The lowest BCUT2D eigenvalue weighted by Gasteiger charge is -2.39. The minimum Gasteiger partial charge on any atom is -0.479 e. The zero-order chi connectivity index (χ0) is 18.0. The Morgan fingerprint density at radius 3 is 2.46 bits per heavy atom. The number of rotatable bonds is 5. The Hall–Kier alpha value is -2.93. The number of benzene rings is 1. The van der Waals surface area contributed by atoms with Crippen molar-refractivity contribution in [3.8, 4) is 5.69 Å². The van der Waals surface area contributed by atoms with Crippen molar-refractivity contribution >= 4 is 5.97 Å². The third kappa shape index (κ3) is 3.01. The van der Waals surface area contributed by atoms with Gasteiger partial charge < -0.3 is 9.67 Å². The monoisotopic (exact) mass is 351 g/mol. The molecule has 7 nitrogen and oxygen atoms in total. The maximum atomic E-state index is 11.9. The number of aromatic nitrogens is 4. The van der Waals surface area contributed by atoms with Gasteiger partial charge in [0.15, 0.2) is 5.54 Å². The summed E-state index contributed by atoms with van der Waals surface area (Å²) in [7, 11) is 0. The van der Waals surface area contributed by atoms with Crippen molar-refractivity contribution in [2.75, 3.05) is 13.1 Å². The fourth-order valence-electron chi connectivity index (χ4n) is 3.59. The topological polar surface area (TPSA) is 76.2 Å². The van der Waals surface area contributed by atoms with E-state index in [0.29, 0.717) is 12.8 Å². The predicted molar refractivity (Wildman–Crippen MR) is 95.9 cm³/mol. The van der Waals surface area contributed by atoms with E-state index in [1.165, 1.54) is 5.56 Å². The lowest BCUT2D eigenvalue weighted by Crippen LogP contribution is -2.51. The highest BCUT2D eigenvalue weighted by Gasteiger charge is 2.43. The summed E-state index contributed by atoms with van der Waals surface area (Å²) in [6, 6.07) is 10.2. The van der Waals surface area contributed by atoms with Crippen LogP contribution >= 0.6 is 0 Å². The molecule has 1 aromatic carbocycles. The Kier molecular flexibility index (Phi) is 4.30. The first-order valence-corrected chi connectivity index (χ1v) is 8.70. The van der Waals surface area contributed by atoms with Gasteiger partial charge in [0.1, 0.15) is 0 Å². The van der Waals surface area contributed by atoms with Gasteiger partial charge in [0.2, 0.25) is 0 Å². The lowest BCUT2D eigenvalue weighted by molar-refractivity contribution is -0.151. The van der Waals surface area contributed by atoms with Gasteiger partial charge >= 0.3 is 5.97 Å². The van der Waals surface area contributed by atoms with E-state index in [2.05, 4.69) is 39.2 Å². The van der Waals surface area contributed by atoms with Crippen molar-refractivity contribution < 1.29 is 9.90 Å². The molecule has 3 aromatic rings. The van der Waals surface area contributed by atoms with Crippen LogP contribution < -0.4 is 0 Å². The van der Waals surface area contributed by atoms with E-state index >= 15 is 0 Å². The summed E-state index contributed by atoms with van der Waals surface area (Å²) in [5.74, 6) is -0.800. The Balaban J connectivity index is 1.41. The average molecular weight is 351 g/mol. The van der Waals surface area contributed by atoms with E-state index < -0.39 is 11.5 Å². The van der Waals surface area contributed by atoms with Gasteiger partial charge in [0, 0.05) is 50.1 Å². The zero-order valence-electron chi connectivity index (χ0n) is 14.4. The molecular weight excluding hydrogens is 330 g/mol. The van der Waals surface area contributed by atoms with E-state index in [1.807, 2.05) is 10.8 Å². The highest BCUT2D eigenvalue weighted by molar-refractivity contribution is 5.76. The van der Waals surface area contributed by atoms with Crippen LogP contribution in [-0.4, -0.2) is 48.4 Å². The molecule has 4 rings (SSSR count). The number of nitrogens with zero attached hydrogens (tertiary/aromatic N) is 5. The normalized spacial score (nSPS) is 17.2. The Labute approximate surface area is 151 Å². The van der Waals surface area contributed by atoms with Crippen molar-refractivity contribution in [1.29, 1.82) is 0 Å². The quantitative estimate of drug-likeness (QED) is 0.762. The van der Waals surface area contributed by atoms with E-state index in [1.54, 1.807) is 35.7 Å². The Morgan fingerprint density at radius 2 is 1.88 bits per heavy atom. The number of carboxylic acids is 1. The molecule has 1 aliphatic heterocycles. The van der Waals surface area contributed by atoms with E-state index in [9.17, 15) is 9.90 Å². The molecule has 0 radical (unpaired) electrons. The van der Waals surface area contributed by atoms with Crippen LogP contribution in [0.2, 0.25) is 0 Å². The average Bonchev–Trinajstić information content (AvgIpc) is 3.37. The molecule has 26 heavy (non-hydrogen) atoms. The minimum absolute atomic E-state index is 0.553. The zero-order valence-corrected chi connectivity index (χ0v) is 14.4. The molecule has 0 saturated carbocycles. The number of aliphatic carboxylic acids is 1. The molecule has 0 amide bonds. The molecule has 0 bridgehead atoms. The molecule has 0 spiro atoms. The fraction of sp³-hybridized carbons (Fsp3) is 0.316. The largest absolute Gasteiger partial charge is 0.479 e. The molecule has 3 heterocycles. The number of carboxylic acid groups (broad SMARTS) is 1. The molecule has 0 atom stereocenters. The number of hydrogen-bond donors (Lipinski definition) is 1. The summed E-state index contributed by atoms with van der Waals surface area (Å²) >= 11 is 0.